The van der Waals surface area contributed by atoms with E-state index in [0.717, 1.165) is 16.5 Å². The van der Waals surface area contributed by atoms with E-state index in [1.165, 1.54) is 10.9 Å². The average molecular weight is 336 g/mol. The Morgan fingerprint density at radius 2 is 2.12 bits per heavy atom. The molecule has 9 heteroatoms. The Hall–Kier alpha value is -3.75. The lowest BCUT2D eigenvalue weighted by Crippen LogP contribution is -2.21. The third-order valence-corrected chi connectivity index (χ3v) is 3.71. The van der Waals surface area contributed by atoms with Crippen molar-refractivity contribution in [1.29, 1.82) is 0 Å². The number of amides is 1. The van der Waals surface area contributed by atoms with E-state index in [9.17, 15) is 9.59 Å². The zero-order valence-corrected chi connectivity index (χ0v) is 12.8. The summed E-state index contributed by atoms with van der Waals surface area (Å²) >= 11 is 0. The number of para-hydroxylation sites is 1. The molecule has 0 bridgehead atoms. The van der Waals surface area contributed by atoms with Crippen molar-refractivity contribution >= 4 is 28.0 Å². The van der Waals surface area contributed by atoms with Crippen LogP contribution in [0.4, 0.5) is 4.79 Å². The lowest BCUT2D eigenvalue weighted by Gasteiger charge is -2.07. The number of aromatic amines is 1. The molecule has 0 aliphatic heterocycles. The largest absolute Gasteiger partial charge is 0.412 e. The number of nitrogens with one attached hydrogen (secondary N) is 1. The van der Waals surface area contributed by atoms with Crippen molar-refractivity contribution in [2.75, 3.05) is 0 Å². The van der Waals surface area contributed by atoms with Crippen molar-refractivity contribution in [3.63, 3.8) is 0 Å². The number of benzene rings is 1. The SMILES string of the molecule is NC(=O)Oc1nc2cnn(Cc3cccc4cccnc34)c2c(=O)[nH]1. The van der Waals surface area contributed by atoms with E-state index in [-0.39, 0.29) is 11.5 Å². The number of aromatic nitrogens is 5. The zero-order chi connectivity index (χ0) is 17.4. The van der Waals surface area contributed by atoms with E-state index < -0.39 is 11.7 Å². The van der Waals surface area contributed by atoms with E-state index in [1.807, 2.05) is 30.3 Å². The Labute approximate surface area is 140 Å². The number of nitrogens with two attached hydrogens (primary N) is 1. The Kier molecular flexibility index (Phi) is 3.38. The van der Waals surface area contributed by atoms with Gasteiger partial charge in [0.15, 0.2) is 5.52 Å². The van der Waals surface area contributed by atoms with Gasteiger partial charge in [0.2, 0.25) is 0 Å². The van der Waals surface area contributed by atoms with Crippen molar-refractivity contribution in [2.45, 2.75) is 6.54 Å². The Morgan fingerprint density at radius 3 is 2.96 bits per heavy atom. The van der Waals surface area contributed by atoms with Crippen LogP contribution >= 0.6 is 0 Å². The number of pyridine rings is 1. The molecular weight excluding hydrogens is 324 g/mol. The molecule has 0 saturated carbocycles. The van der Waals surface area contributed by atoms with E-state index in [0.29, 0.717) is 12.1 Å². The summed E-state index contributed by atoms with van der Waals surface area (Å²) in [5, 5.41) is 5.21. The van der Waals surface area contributed by atoms with E-state index in [2.05, 4.69) is 24.8 Å². The van der Waals surface area contributed by atoms with Crippen LogP contribution in [-0.4, -0.2) is 30.8 Å². The molecule has 3 N–H and O–H groups in total. The van der Waals surface area contributed by atoms with Crippen molar-refractivity contribution in [3.05, 3.63) is 58.6 Å². The third-order valence-electron chi connectivity index (χ3n) is 3.71. The average Bonchev–Trinajstić information content (AvgIpc) is 2.98. The molecule has 0 aliphatic carbocycles. The summed E-state index contributed by atoms with van der Waals surface area (Å²) in [6.07, 6.45) is 2.09. The molecule has 0 unspecified atom stereocenters. The second kappa shape index (κ2) is 5.71. The van der Waals surface area contributed by atoms with E-state index in [1.54, 1.807) is 6.20 Å². The number of carbonyl (C=O) groups excluding carboxylic acids is 1. The van der Waals surface area contributed by atoms with Gasteiger partial charge in [-0.05, 0) is 11.6 Å². The first kappa shape index (κ1) is 14.8. The molecule has 3 aromatic heterocycles. The first-order chi connectivity index (χ1) is 12.1. The number of carbonyl (C=O) groups is 1. The molecule has 0 radical (unpaired) electrons. The molecule has 0 saturated heterocycles. The Balaban J connectivity index is 1.80. The molecule has 3 heterocycles. The zero-order valence-electron chi connectivity index (χ0n) is 12.8. The normalized spacial score (nSPS) is 11.0. The molecule has 4 aromatic rings. The van der Waals surface area contributed by atoms with Crippen LogP contribution in [0, 0.1) is 0 Å². The lowest BCUT2D eigenvalue weighted by atomic mass is 10.1. The van der Waals surface area contributed by atoms with Gasteiger partial charge in [0.05, 0.1) is 18.3 Å². The van der Waals surface area contributed by atoms with Gasteiger partial charge >= 0.3 is 12.1 Å². The maximum absolute atomic E-state index is 12.3. The predicted molar refractivity (Wildman–Crippen MR) is 89.2 cm³/mol. The molecule has 4 rings (SSSR count). The monoisotopic (exact) mass is 336 g/mol. The highest BCUT2D eigenvalue weighted by Gasteiger charge is 2.13. The molecule has 1 amide bonds. The quantitative estimate of drug-likeness (QED) is 0.578. The first-order valence-corrected chi connectivity index (χ1v) is 7.37. The highest BCUT2D eigenvalue weighted by Crippen LogP contribution is 2.18. The van der Waals surface area contributed by atoms with Crippen LogP contribution in [0.1, 0.15) is 5.56 Å². The number of H-pyrrole nitrogens is 1. The smallest absolute Gasteiger partial charge is 0.376 e. The van der Waals surface area contributed by atoms with Crippen LogP contribution in [0.25, 0.3) is 21.9 Å². The fourth-order valence-electron chi connectivity index (χ4n) is 2.70. The van der Waals surface area contributed by atoms with Crippen molar-refractivity contribution in [1.82, 2.24) is 24.7 Å². The van der Waals surface area contributed by atoms with Crippen LogP contribution in [-0.2, 0) is 6.54 Å². The first-order valence-electron chi connectivity index (χ1n) is 7.37. The molecule has 1 aromatic carbocycles. The molecule has 0 spiro atoms. The fraction of sp³-hybridized carbons (Fsp3) is 0.0625. The van der Waals surface area contributed by atoms with Crippen molar-refractivity contribution in [3.8, 4) is 6.01 Å². The van der Waals surface area contributed by atoms with E-state index in [4.69, 9.17) is 5.73 Å². The second-order valence-electron chi connectivity index (χ2n) is 5.32. The standard InChI is InChI=1S/C16H12N6O3/c17-15(24)25-16-20-11-7-19-22(13(11)14(23)21-16)8-10-4-1-3-9-5-2-6-18-12(9)10/h1-7H,8H2,(H2,17,24)(H,20,21,23). The molecule has 25 heavy (non-hydrogen) atoms. The Bertz CT molecular complexity index is 1160. The summed E-state index contributed by atoms with van der Waals surface area (Å²) in [5.74, 6) is 0. The van der Waals surface area contributed by atoms with Crippen LogP contribution in [0.2, 0.25) is 0 Å². The maximum atomic E-state index is 12.3. The van der Waals surface area contributed by atoms with Gasteiger partial charge < -0.3 is 10.5 Å². The highest BCUT2D eigenvalue weighted by atomic mass is 16.6. The maximum Gasteiger partial charge on any atom is 0.412 e. The van der Waals surface area contributed by atoms with Crippen LogP contribution in [0.3, 0.4) is 0 Å². The predicted octanol–water partition coefficient (Wildman–Crippen LogP) is 1.17. The lowest BCUT2D eigenvalue weighted by molar-refractivity contribution is 0.207. The summed E-state index contributed by atoms with van der Waals surface area (Å²) in [7, 11) is 0. The van der Waals surface area contributed by atoms with Gasteiger partial charge in [-0.3, -0.25) is 19.4 Å². The number of rotatable bonds is 3. The van der Waals surface area contributed by atoms with Gasteiger partial charge in [0.25, 0.3) is 5.56 Å². The van der Waals surface area contributed by atoms with Gasteiger partial charge in [-0.1, -0.05) is 24.3 Å². The number of hydrogen-bond acceptors (Lipinski definition) is 6. The number of primary amides is 1. The molecule has 124 valence electrons. The summed E-state index contributed by atoms with van der Waals surface area (Å²) in [4.78, 5) is 33.9. The number of ether oxygens (including phenoxy) is 1. The molecule has 0 atom stereocenters. The molecular formula is C16H12N6O3. The van der Waals surface area contributed by atoms with E-state index >= 15 is 0 Å². The second-order valence-corrected chi connectivity index (χ2v) is 5.32. The number of fused-ring (bicyclic) bond motifs is 2. The van der Waals surface area contributed by atoms with Gasteiger partial charge in [0.1, 0.15) is 5.52 Å². The highest BCUT2D eigenvalue weighted by molar-refractivity contribution is 5.82. The number of hydrogen-bond donors (Lipinski definition) is 2. The minimum absolute atomic E-state index is 0.267. The third kappa shape index (κ3) is 2.67. The molecule has 9 nitrogen and oxygen atoms in total. The van der Waals surface area contributed by atoms with Crippen LogP contribution < -0.4 is 16.0 Å². The van der Waals surface area contributed by atoms with Crippen LogP contribution in [0.15, 0.2) is 47.5 Å². The molecule has 0 aliphatic rings. The van der Waals surface area contributed by atoms with Gasteiger partial charge in [0, 0.05) is 11.6 Å². The van der Waals surface area contributed by atoms with Crippen molar-refractivity contribution in [2.24, 2.45) is 5.73 Å². The summed E-state index contributed by atoms with van der Waals surface area (Å²) in [6.45, 7) is 0.346. The van der Waals surface area contributed by atoms with Crippen LogP contribution in [0.5, 0.6) is 6.01 Å². The van der Waals surface area contributed by atoms with Gasteiger partial charge in [-0.2, -0.15) is 10.1 Å². The summed E-state index contributed by atoms with van der Waals surface area (Å²) in [6, 6.07) is 9.38. The van der Waals surface area contributed by atoms with Gasteiger partial charge in [-0.25, -0.2) is 4.79 Å². The van der Waals surface area contributed by atoms with Crippen molar-refractivity contribution < 1.29 is 9.53 Å². The number of nitrogens with zero attached hydrogens (tertiary/aromatic N) is 4. The minimum Gasteiger partial charge on any atom is -0.376 e. The fourth-order valence-corrected chi connectivity index (χ4v) is 2.70. The topological polar surface area (TPSA) is 129 Å². The molecule has 0 fully saturated rings. The Morgan fingerprint density at radius 1 is 1.28 bits per heavy atom. The summed E-state index contributed by atoms with van der Waals surface area (Å²) < 4.78 is 6.14. The summed E-state index contributed by atoms with van der Waals surface area (Å²) in [5.41, 5.74) is 6.77. The van der Waals surface area contributed by atoms with Gasteiger partial charge in [-0.15, -0.1) is 0 Å². The minimum atomic E-state index is -1.06.